The molecule has 1 N–H and O–H groups in total. The van der Waals surface area contributed by atoms with Gasteiger partial charge in [-0.25, -0.2) is 0 Å². The van der Waals surface area contributed by atoms with Gasteiger partial charge in [-0.15, -0.1) is 0 Å². The Hall–Kier alpha value is -0.830. The maximum atomic E-state index is 4.49. The molecular formula is C16H29N3. The minimum Gasteiger partial charge on any atom is -0.310 e. The van der Waals surface area contributed by atoms with E-state index >= 15 is 0 Å². The van der Waals surface area contributed by atoms with E-state index in [2.05, 4.69) is 45.0 Å². The van der Waals surface area contributed by atoms with Crippen molar-refractivity contribution in [1.29, 1.82) is 0 Å². The van der Waals surface area contributed by atoms with Crippen molar-refractivity contribution in [2.75, 3.05) is 0 Å². The zero-order chi connectivity index (χ0) is 14.2. The van der Waals surface area contributed by atoms with Crippen LogP contribution in [0.25, 0.3) is 0 Å². The van der Waals surface area contributed by atoms with E-state index in [1.807, 2.05) is 11.7 Å². The van der Waals surface area contributed by atoms with Gasteiger partial charge in [0, 0.05) is 30.9 Å². The number of nitrogens with one attached hydrogen (secondary N) is 1. The normalized spacial score (nSPS) is 26.6. The minimum absolute atomic E-state index is 0.526. The lowest BCUT2D eigenvalue weighted by Gasteiger charge is -2.39. The Morgan fingerprint density at radius 1 is 1.37 bits per heavy atom. The quantitative estimate of drug-likeness (QED) is 0.906. The van der Waals surface area contributed by atoms with Gasteiger partial charge in [-0.2, -0.15) is 5.10 Å². The molecule has 1 aliphatic rings. The van der Waals surface area contributed by atoms with Gasteiger partial charge in [-0.3, -0.25) is 4.68 Å². The summed E-state index contributed by atoms with van der Waals surface area (Å²) in [5, 5.41) is 8.26. The highest BCUT2D eigenvalue weighted by Gasteiger charge is 2.32. The molecule has 1 saturated carbocycles. The monoisotopic (exact) mass is 263 g/mol. The van der Waals surface area contributed by atoms with E-state index in [0.29, 0.717) is 11.5 Å². The summed E-state index contributed by atoms with van der Waals surface area (Å²) in [6, 6.07) is 0.659. The van der Waals surface area contributed by atoms with E-state index < -0.39 is 0 Å². The Bertz CT molecular complexity index is 445. The topological polar surface area (TPSA) is 29.9 Å². The van der Waals surface area contributed by atoms with Crippen LogP contribution >= 0.6 is 0 Å². The lowest BCUT2D eigenvalue weighted by Crippen LogP contribution is -2.41. The van der Waals surface area contributed by atoms with Gasteiger partial charge in [-0.1, -0.05) is 20.8 Å². The van der Waals surface area contributed by atoms with Crippen molar-refractivity contribution < 1.29 is 0 Å². The van der Waals surface area contributed by atoms with Gasteiger partial charge in [0.05, 0.1) is 5.69 Å². The molecule has 108 valence electrons. The first kappa shape index (κ1) is 14.6. The molecule has 3 heteroatoms. The van der Waals surface area contributed by atoms with Crippen molar-refractivity contribution in [3.8, 4) is 0 Å². The highest BCUT2D eigenvalue weighted by Crippen LogP contribution is 2.38. The van der Waals surface area contributed by atoms with E-state index in [0.717, 1.165) is 18.2 Å². The molecule has 3 nitrogen and oxygen atoms in total. The number of nitrogens with zero attached hydrogens (tertiary/aromatic N) is 2. The van der Waals surface area contributed by atoms with Gasteiger partial charge in [-0.05, 0) is 44.4 Å². The van der Waals surface area contributed by atoms with Crippen molar-refractivity contribution >= 4 is 0 Å². The van der Waals surface area contributed by atoms with Crippen LogP contribution < -0.4 is 5.32 Å². The Morgan fingerprint density at radius 3 is 2.58 bits per heavy atom. The van der Waals surface area contributed by atoms with Crippen molar-refractivity contribution in [2.45, 2.75) is 66.5 Å². The maximum Gasteiger partial charge on any atom is 0.0641 e. The standard InChI is InChI=1S/C16H29N3/c1-11-9-16(4,5)8-7-15(11)17-10-14-12(2)18-19(6)13(14)3/h11,15,17H,7-10H2,1-6H3. The summed E-state index contributed by atoms with van der Waals surface area (Å²) >= 11 is 0. The van der Waals surface area contributed by atoms with Gasteiger partial charge in [0.1, 0.15) is 0 Å². The lowest BCUT2D eigenvalue weighted by molar-refractivity contribution is 0.148. The second kappa shape index (κ2) is 5.28. The van der Waals surface area contributed by atoms with Gasteiger partial charge in [0.2, 0.25) is 0 Å². The van der Waals surface area contributed by atoms with Crippen LogP contribution in [0.1, 0.15) is 57.0 Å². The third-order valence-corrected chi connectivity index (χ3v) is 4.89. The van der Waals surface area contributed by atoms with E-state index in [9.17, 15) is 0 Å². The third-order valence-electron chi connectivity index (χ3n) is 4.89. The molecule has 0 amide bonds. The zero-order valence-electron chi connectivity index (χ0n) is 13.4. The van der Waals surface area contributed by atoms with E-state index in [4.69, 9.17) is 0 Å². The van der Waals surface area contributed by atoms with Gasteiger partial charge >= 0.3 is 0 Å². The summed E-state index contributed by atoms with van der Waals surface area (Å²) in [4.78, 5) is 0. The Morgan fingerprint density at radius 2 is 2.05 bits per heavy atom. The smallest absolute Gasteiger partial charge is 0.0641 e. The lowest BCUT2D eigenvalue weighted by atomic mass is 9.70. The highest BCUT2D eigenvalue weighted by atomic mass is 15.3. The van der Waals surface area contributed by atoms with Crippen LogP contribution in [0.4, 0.5) is 0 Å². The summed E-state index contributed by atoms with van der Waals surface area (Å²) in [5.74, 6) is 0.765. The second-order valence-corrected chi connectivity index (χ2v) is 7.14. The molecule has 0 spiro atoms. The zero-order valence-corrected chi connectivity index (χ0v) is 13.4. The van der Waals surface area contributed by atoms with Crippen molar-refractivity contribution in [1.82, 2.24) is 15.1 Å². The van der Waals surface area contributed by atoms with Crippen LogP contribution in [0.5, 0.6) is 0 Å². The van der Waals surface area contributed by atoms with Crippen molar-refractivity contribution in [3.05, 3.63) is 17.0 Å². The van der Waals surface area contributed by atoms with Crippen LogP contribution in [0, 0.1) is 25.2 Å². The number of aromatic nitrogens is 2. The molecule has 2 rings (SSSR count). The Balaban J connectivity index is 1.96. The summed E-state index contributed by atoms with van der Waals surface area (Å²) in [6.07, 6.45) is 3.96. The minimum atomic E-state index is 0.526. The van der Waals surface area contributed by atoms with Gasteiger partial charge in [0.15, 0.2) is 0 Å². The summed E-state index contributed by atoms with van der Waals surface area (Å²) < 4.78 is 1.99. The van der Waals surface area contributed by atoms with Gasteiger partial charge < -0.3 is 5.32 Å². The molecule has 1 aromatic heterocycles. The average molecular weight is 263 g/mol. The predicted molar refractivity (Wildman–Crippen MR) is 80.1 cm³/mol. The number of hydrogen-bond acceptors (Lipinski definition) is 2. The molecule has 1 heterocycles. The molecule has 0 aromatic carbocycles. The molecule has 19 heavy (non-hydrogen) atoms. The molecule has 1 fully saturated rings. The Labute approximate surface area is 117 Å². The third kappa shape index (κ3) is 3.19. The van der Waals surface area contributed by atoms with E-state index in [1.165, 1.54) is 30.5 Å². The van der Waals surface area contributed by atoms with Crippen LogP contribution in [-0.4, -0.2) is 15.8 Å². The maximum absolute atomic E-state index is 4.49. The first-order valence-electron chi connectivity index (χ1n) is 7.52. The van der Waals surface area contributed by atoms with Crippen molar-refractivity contribution in [3.63, 3.8) is 0 Å². The first-order valence-corrected chi connectivity index (χ1v) is 7.52. The largest absolute Gasteiger partial charge is 0.310 e. The summed E-state index contributed by atoms with van der Waals surface area (Å²) in [6.45, 7) is 12.4. The first-order chi connectivity index (χ1) is 8.80. The number of hydrogen-bond donors (Lipinski definition) is 1. The predicted octanol–water partition coefficient (Wildman–Crippen LogP) is 3.34. The SMILES string of the molecule is Cc1nn(C)c(C)c1CNC1CCC(C)(C)CC1C. The molecular weight excluding hydrogens is 234 g/mol. The fraction of sp³-hybridized carbons (Fsp3) is 0.812. The molecule has 1 aromatic rings. The molecule has 0 bridgehead atoms. The average Bonchev–Trinajstić information content (AvgIpc) is 2.52. The van der Waals surface area contributed by atoms with Gasteiger partial charge in [0.25, 0.3) is 0 Å². The van der Waals surface area contributed by atoms with Crippen molar-refractivity contribution in [2.24, 2.45) is 18.4 Å². The Kier molecular flexibility index (Phi) is 4.05. The number of rotatable bonds is 3. The van der Waals surface area contributed by atoms with E-state index in [-0.39, 0.29) is 0 Å². The molecule has 0 aliphatic heterocycles. The second-order valence-electron chi connectivity index (χ2n) is 7.14. The fourth-order valence-electron chi connectivity index (χ4n) is 3.56. The fourth-order valence-corrected chi connectivity index (χ4v) is 3.56. The molecule has 0 radical (unpaired) electrons. The molecule has 1 aliphatic carbocycles. The molecule has 0 saturated heterocycles. The van der Waals surface area contributed by atoms with Crippen LogP contribution in [0.3, 0.4) is 0 Å². The molecule has 2 unspecified atom stereocenters. The summed E-state index contributed by atoms with van der Waals surface area (Å²) in [5.41, 5.74) is 4.35. The van der Waals surface area contributed by atoms with Crippen LogP contribution in [0.2, 0.25) is 0 Å². The van der Waals surface area contributed by atoms with E-state index in [1.54, 1.807) is 0 Å². The number of aryl methyl sites for hydroxylation is 2. The molecule has 2 atom stereocenters. The van der Waals surface area contributed by atoms with Crippen LogP contribution in [-0.2, 0) is 13.6 Å². The summed E-state index contributed by atoms with van der Waals surface area (Å²) in [7, 11) is 2.03. The van der Waals surface area contributed by atoms with Crippen LogP contribution in [0.15, 0.2) is 0 Å². The highest BCUT2D eigenvalue weighted by molar-refractivity contribution is 5.24.